The van der Waals surface area contributed by atoms with E-state index in [0.29, 0.717) is 5.75 Å². The van der Waals surface area contributed by atoms with Gasteiger partial charge in [-0.05, 0) is 43.0 Å². The van der Waals surface area contributed by atoms with Gasteiger partial charge in [-0.3, -0.25) is 4.79 Å². The lowest BCUT2D eigenvalue weighted by Crippen LogP contribution is -2.36. The van der Waals surface area contributed by atoms with Crippen molar-refractivity contribution in [2.75, 3.05) is 7.11 Å². The SMILES string of the molecule is COC(=O)[C@@H](C)NP(=S)(Oc1ccccc1)c1ccccc1. The van der Waals surface area contributed by atoms with Crippen LogP contribution in [0, 0.1) is 0 Å². The Bertz CT molecular complexity index is 664. The van der Waals surface area contributed by atoms with Crippen LogP contribution in [0.4, 0.5) is 0 Å². The maximum Gasteiger partial charge on any atom is 0.322 e. The molecule has 1 unspecified atom stereocenters. The lowest BCUT2D eigenvalue weighted by Gasteiger charge is -2.27. The first-order valence-corrected chi connectivity index (χ1v) is 9.53. The van der Waals surface area contributed by atoms with Crippen LogP contribution in [0.15, 0.2) is 60.7 Å². The van der Waals surface area contributed by atoms with Gasteiger partial charge < -0.3 is 9.26 Å². The lowest BCUT2D eigenvalue weighted by atomic mass is 10.3. The molecule has 2 atom stereocenters. The number of carbonyl (C=O) groups excluding carboxylic acids is 1. The van der Waals surface area contributed by atoms with Gasteiger partial charge in [-0.1, -0.05) is 36.4 Å². The Balaban J connectivity index is 2.32. The van der Waals surface area contributed by atoms with Crippen LogP contribution >= 0.6 is 6.42 Å². The molecule has 0 bridgehead atoms. The summed E-state index contributed by atoms with van der Waals surface area (Å²) in [4.78, 5) is 11.7. The first-order valence-electron chi connectivity index (χ1n) is 6.81. The van der Waals surface area contributed by atoms with Crippen LogP contribution in [0.25, 0.3) is 0 Å². The molecule has 6 heteroatoms. The summed E-state index contributed by atoms with van der Waals surface area (Å²) >= 11 is 5.76. The molecule has 0 aliphatic carbocycles. The molecule has 0 radical (unpaired) electrons. The van der Waals surface area contributed by atoms with Crippen LogP contribution < -0.4 is 14.9 Å². The molecule has 2 aromatic carbocycles. The Morgan fingerprint density at radius 3 is 2.18 bits per heavy atom. The number of esters is 1. The smallest absolute Gasteiger partial charge is 0.322 e. The van der Waals surface area contributed by atoms with E-state index < -0.39 is 12.5 Å². The van der Waals surface area contributed by atoms with E-state index in [0.717, 1.165) is 5.30 Å². The molecule has 0 heterocycles. The first kappa shape index (κ1) is 16.7. The molecule has 22 heavy (non-hydrogen) atoms. The Kier molecular flexibility index (Phi) is 5.72. The standard InChI is InChI=1S/C16H18NO3PS/c1-13(16(18)19-2)17-21(22,15-11-7-4-8-12-15)20-14-9-5-3-6-10-14/h3-13H,1-2H3,(H,17,22)/t13-,21?/m1/s1. The molecule has 1 N–H and O–H groups in total. The Morgan fingerprint density at radius 1 is 1.09 bits per heavy atom. The van der Waals surface area contributed by atoms with Crippen LogP contribution in [-0.4, -0.2) is 19.1 Å². The fourth-order valence-corrected chi connectivity index (χ4v) is 4.90. The Labute approximate surface area is 135 Å². The third-order valence-corrected chi connectivity index (χ3v) is 6.34. The van der Waals surface area contributed by atoms with Gasteiger partial charge in [-0.15, -0.1) is 0 Å². The maximum absolute atomic E-state index is 11.7. The summed E-state index contributed by atoms with van der Waals surface area (Å²) in [6.45, 7) is 1.71. The van der Waals surface area contributed by atoms with Crippen molar-refractivity contribution >= 4 is 29.5 Å². The second kappa shape index (κ2) is 7.54. The number of para-hydroxylation sites is 1. The van der Waals surface area contributed by atoms with Crippen molar-refractivity contribution in [2.45, 2.75) is 13.0 Å². The van der Waals surface area contributed by atoms with Gasteiger partial charge in [0.25, 0.3) is 0 Å². The van der Waals surface area contributed by atoms with Crippen LogP contribution in [0.5, 0.6) is 5.75 Å². The third-order valence-electron chi connectivity index (χ3n) is 2.99. The van der Waals surface area contributed by atoms with Gasteiger partial charge in [0.1, 0.15) is 11.8 Å². The fraction of sp³-hybridized carbons (Fsp3) is 0.188. The fourth-order valence-electron chi connectivity index (χ4n) is 1.89. The zero-order valence-electron chi connectivity index (χ0n) is 12.4. The number of methoxy groups -OCH3 is 1. The second-order valence-corrected chi connectivity index (χ2v) is 8.27. The summed E-state index contributed by atoms with van der Waals surface area (Å²) in [5, 5.41) is 3.99. The Hall–Kier alpha value is -1.68. The predicted octanol–water partition coefficient (Wildman–Crippen LogP) is 2.85. The van der Waals surface area contributed by atoms with Crippen LogP contribution in [-0.2, 0) is 21.3 Å². The molecular formula is C16H18NO3PS. The van der Waals surface area contributed by atoms with Gasteiger partial charge in [0, 0.05) is 5.30 Å². The molecule has 0 aromatic heterocycles. The van der Waals surface area contributed by atoms with Crippen LogP contribution in [0.2, 0.25) is 0 Å². The first-order chi connectivity index (χ1) is 10.5. The van der Waals surface area contributed by atoms with E-state index in [1.807, 2.05) is 60.7 Å². The average molecular weight is 335 g/mol. The zero-order valence-corrected chi connectivity index (χ0v) is 14.1. The highest BCUT2D eigenvalue weighted by atomic mass is 32.4. The average Bonchev–Trinajstić information content (AvgIpc) is 2.55. The molecule has 0 saturated carbocycles. The number of carbonyl (C=O) groups is 1. The molecule has 116 valence electrons. The van der Waals surface area contributed by atoms with Crippen molar-refractivity contribution in [3.8, 4) is 5.75 Å². The van der Waals surface area contributed by atoms with E-state index in [9.17, 15) is 4.79 Å². The molecule has 2 rings (SSSR count). The van der Waals surface area contributed by atoms with Gasteiger partial charge in [-0.2, -0.15) is 0 Å². The van der Waals surface area contributed by atoms with Gasteiger partial charge >= 0.3 is 5.97 Å². The van der Waals surface area contributed by atoms with Crippen molar-refractivity contribution < 1.29 is 14.1 Å². The van der Waals surface area contributed by atoms with E-state index in [4.69, 9.17) is 21.1 Å². The highest BCUT2D eigenvalue weighted by Crippen LogP contribution is 2.42. The van der Waals surface area contributed by atoms with Crippen molar-refractivity contribution in [3.05, 3.63) is 60.7 Å². The highest BCUT2D eigenvalue weighted by molar-refractivity contribution is 8.15. The quantitative estimate of drug-likeness (QED) is 0.650. The van der Waals surface area contributed by atoms with Gasteiger partial charge in [0.05, 0.1) is 7.11 Å². The van der Waals surface area contributed by atoms with E-state index in [1.165, 1.54) is 7.11 Å². The summed E-state index contributed by atoms with van der Waals surface area (Å²) in [6.07, 6.45) is -2.63. The second-order valence-electron chi connectivity index (χ2n) is 4.67. The van der Waals surface area contributed by atoms with Gasteiger partial charge in [-0.25, -0.2) is 5.09 Å². The van der Waals surface area contributed by atoms with E-state index in [2.05, 4.69) is 5.09 Å². The molecule has 2 aromatic rings. The minimum atomic E-state index is -2.63. The highest BCUT2D eigenvalue weighted by Gasteiger charge is 2.27. The summed E-state index contributed by atoms with van der Waals surface area (Å²) in [5.74, 6) is 0.293. The van der Waals surface area contributed by atoms with E-state index in [1.54, 1.807) is 6.92 Å². The van der Waals surface area contributed by atoms with Crippen molar-refractivity contribution in [2.24, 2.45) is 0 Å². The molecule has 4 nitrogen and oxygen atoms in total. The summed E-state index contributed by atoms with van der Waals surface area (Å²) < 4.78 is 10.8. The molecule has 0 spiro atoms. The number of benzene rings is 2. The van der Waals surface area contributed by atoms with E-state index >= 15 is 0 Å². The summed E-state index contributed by atoms with van der Waals surface area (Å²) in [5.41, 5.74) is 0. The minimum absolute atomic E-state index is 0.373. The topological polar surface area (TPSA) is 47.6 Å². The zero-order chi connectivity index (χ0) is 16.0. The van der Waals surface area contributed by atoms with Crippen LogP contribution in [0.1, 0.15) is 6.92 Å². The summed E-state index contributed by atoms with van der Waals surface area (Å²) in [6, 6.07) is 18.3. The maximum atomic E-state index is 11.7. The third kappa shape index (κ3) is 4.17. The molecule has 0 aliphatic rings. The molecule has 0 fully saturated rings. The number of hydrogen-bond donors (Lipinski definition) is 1. The van der Waals surface area contributed by atoms with Crippen molar-refractivity contribution in [3.63, 3.8) is 0 Å². The lowest BCUT2D eigenvalue weighted by molar-refractivity contribution is -0.142. The number of nitrogens with one attached hydrogen (secondary N) is 1. The summed E-state index contributed by atoms with van der Waals surface area (Å²) in [7, 11) is 1.35. The molecular weight excluding hydrogens is 317 g/mol. The molecule has 0 amide bonds. The Morgan fingerprint density at radius 2 is 1.64 bits per heavy atom. The monoisotopic (exact) mass is 335 g/mol. The molecule has 0 saturated heterocycles. The van der Waals surface area contributed by atoms with Gasteiger partial charge in [0.15, 0.2) is 0 Å². The normalized spacial score (nSPS) is 14.6. The largest absolute Gasteiger partial charge is 0.468 e. The van der Waals surface area contributed by atoms with Crippen molar-refractivity contribution in [1.29, 1.82) is 0 Å². The van der Waals surface area contributed by atoms with Crippen LogP contribution in [0.3, 0.4) is 0 Å². The van der Waals surface area contributed by atoms with E-state index in [-0.39, 0.29) is 5.97 Å². The molecule has 0 aliphatic heterocycles. The van der Waals surface area contributed by atoms with Gasteiger partial charge in [0.2, 0.25) is 6.42 Å². The number of rotatable bonds is 6. The minimum Gasteiger partial charge on any atom is -0.468 e. The van der Waals surface area contributed by atoms with Crippen molar-refractivity contribution in [1.82, 2.24) is 5.09 Å². The predicted molar refractivity (Wildman–Crippen MR) is 92.0 cm³/mol. The number of ether oxygens (including phenoxy) is 1. The number of hydrogen-bond acceptors (Lipinski definition) is 4.